The van der Waals surface area contributed by atoms with Crippen LogP contribution < -0.4 is 0 Å². The molecule has 21 heavy (non-hydrogen) atoms. The van der Waals surface area contributed by atoms with E-state index in [1.54, 1.807) is 0 Å². The summed E-state index contributed by atoms with van der Waals surface area (Å²) in [4.78, 5) is 4.86. The van der Waals surface area contributed by atoms with Gasteiger partial charge in [0.05, 0.1) is 16.4 Å². The van der Waals surface area contributed by atoms with Gasteiger partial charge in [0, 0.05) is 9.61 Å². The first kappa shape index (κ1) is 13.2. The van der Waals surface area contributed by atoms with Crippen molar-refractivity contribution < 1.29 is 0 Å². The second kappa shape index (κ2) is 4.38. The van der Waals surface area contributed by atoms with Gasteiger partial charge in [-0.3, -0.25) is 0 Å². The lowest BCUT2D eigenvalue weighted by atomic mass is 10.0. The lowest BCUT2D eigenvalue weighted by molar-refractivity contribution is 0.451. The first-order chi connectivity index (χ1) is 10.1. The molecule has 4 heteroatoms. The monoisotopic (exact) mass is 412 g/mol. The maximum absolute atomic E-state index is 6.45. The van der Waals surface area contributed by atoms with Gasteiger partial charge in [-0.2, -0.15) is 0 Å². The first-order valence-corrected chi connectivity index (χ1v) is 9.48. The molecular weight excluding hydrogens is 395 g/mol. The Morgan fingerprint density at radius 3 is 2.67 bits per heavy atom. The summed E-state index contributed by atoms with van der Waals surface area (Å²) < 4.78 is 3.75. The minimum atomic E-state index is -0.0194. The molecule has 0 aliphatic heterocycles. The van der Waals surface area contributed by atoms with Crippen LogP contribution in [-0.2, 0) is 0 Å². The smallest absolute Gasteiger partial charge is 0.127 e. The lowest BCUT2D eigenvalue weighted by Crippen LogP contribution is -2.09. The van der Waals surface area contributed by atoms with Gasteiger partial charge in [0.2, 0.25) is 0 Å². The van der Waals surface area contributed by atoms with Crippen molar-refractivity contribution in [3.8, 4) is 0 Å². The van der Waals surface area contributed by atoms with Crippen LogP contribution in [0.15, 0.2) is 18.2 Å². The van der Waals surface area contributed by atoms with Gasteiger partial charge >= 0.3 is 0 Å². The summed E-state index contributed by atoms with van der Waals surface area (Å²) in [6.07, 6.45) is 4.40. The molecule has 1 aromatic carbocycles. The molecule has 2 bridgehead atoms. The highest BCUT2D eigenvalue weighted by Gasteiger charge is 2.66. The second-order valence-corrected chi connectivity index (χ2v) is 8.97. The van der Waals surface area contributed by atoms with Gasteiger partial charge in [-0.05, 0) is 90.6 Å². The topological polar surface area (TPSA) is 17.8 Å². The average molecular weight is 413 g/mol. The predicted octanol–water partition coefficient (Wildman–Crippen LogP) is 5.16. The van der Waals surface area contributed by atoms with Gasteiger partial charge in [-0.15, -0.1) is 11.6 Å². The largest absolute Gasteiger partial charge is 0.323 e. The van der Waals surface area contributed by atoms with Crippen LogP contribution in [0.3, 0.4) is 0 Å². The Hall–Kier alpha value is -0.290. The lowest BCUT2D eigenvalue weighted by Gasteiger charge is -2.15. The van der Waals surface area contributed by atoms with E-state index in [-0.39, 0.29) is 5.38 Å². The Labute approximate surface area is 143 Å². The van der Waals surface area contributed by atoms with Crippen molar-refractivity contribution in [1.29, 1.82) is 0 Å². The van der Waals surface area contributed by atoms with Crippen molar-refractivity contribution in [2.24, 2.45) is 23.7 Å². The molecule has 1 heterocycles. The van der Waals surface area contributed by atoms with E-state index >= 15 is 0 Å². The average Bonchev–Trinajstić information content (AvgIpc) is 2.80. The van der Waals surface area contributed by atoms with E-state index in [2.05, 4.69) is 52.3 Å². The van der Waals surface area contributed by atoms with Crippen LogP contribution in [0.5, 0.6) is 0 Å². The summed E-state index contributed by atoms with van der Waals surface area (Å²) in [6, 6.07) is 7.29. The third kappa shape index (κ3) is 1.73. The Balaban J connectivity index is 1.67. The van der Waals surface area contributed by atoms with Gasteiger partial charge in [0.15, 0.2) is 0 Å². The zero-order valence-electron chi connectivity index (χ0n) is 12.0. The second-order valence-electron chi connectivity index (χ2n) is 7.07. The molecule has 5 rings (SSSR count). The molecule has 0 spiro atoms. The van der Waals surface area contributed by atoms with E-state index in [9.17, 15) is 0 Å². The van der Waals surface area contributed by atoms with Crippen molar-refractivity contribution in [1.82, 2.24) is 9.55 Å². The van der Waals surface area contributed by atoms with Gasteiger partial charge in [0.1, 0.15) is 5.82 Å². The summed E-state index contributed by atoms with van der Waals surface area (Å²) in [7, 11) is 0. The summed E-state index contributed by atoms with van der Waals surface area (Å²) >= 11 is 8.81. The number of rotatable bonds is 2. The van der Waals surface area contributed by atoms with Crippen LogP contribution in [0.2, 0.25) is 0 Å². The van der Waals surface area contributed by atoms with E-state index in [4.69, 9.17) is 16.6 Å². The van der Waals surface area contributed by atoms with E-state index in [0.29, 0.717) is 6.04 Å². The standard InChI is InChI=1S/C17H18ClIN2/c1-8(18)17-20-12-7-11(19)4-5-13(12)21(17)16-14-9-2-3-10(6-9)15(14)16/h4-5,7-10,14-16H,2-3,6H2,1H3. The van der Waals surface area contributed by atoms with E-state index in [1.165, 1.54) is 28.3 Å². The van der Waals surface area contributed by atoms with Gasteiger partial charge in [-0.1, -0.05) is 0 Å². The molecule has 2 aromatic rings. The zero-order valence-corrected chi connectivity index (χ0v) is 14.9. The molecule has 3 fully saturated rings. The number of imidazole rings is 1. The Morgan fingerprint density at radius 2 is 2.00 bits per heavy atom. The van der Waals surface area contributed by atoms with Crippen LogP contribution in [-0.4, -0.2) is 9.55 Å². The molecule has 110 valence electrons. The maximum Gasteiger partial charge on any atom is 0.127 e. The van der Waals surface area contributed by atoms with Crippen molar-refractivity contribution >= 4 is 45.2 Å². The van der Waals surface area contributed by atoms with E-state index < -0.39 is 0 Å². The molecule has 0 N–H and O–H groups in total. The Kier molecular flexibility index (Phi) is 2.75. The molecule has 3 aliphatic carbocycles. The predicted molar refractivity (Wildman–Crippen MR) is 93.6 cm³/mol. The fraction of sp³-hybridized carbons (Fsp3) is 0.588. The van der Waals surface area contributed by atoms with Crippen molar-refractivity contribution in [2.45, 2.75) is 37.6 Å². The minimum Gasteiger partial charge on any atom is -0.323 e. The Morgan fingerprint density at radius 1 is 1.29 bits per heavy atom. The van der Waals surface area contributed by atoms with Crippen LogP contribution in [0.25, 0.3) is 11.0 Å². The molecular formula is C17H18ClIN2. The molecule has 3 saturated carbocycles. The van der Waals surface area contributed by atoms with Crippen molar-refractivity contribution in [3.63, 3.8) is 0 Å². The van der Waals surface area contributed by atoms with Crippen molar-refractivity contribution in [3.05, 3.63) is 27.6 Å². The van der Waals surface area contributed by atoms with Crippen LogP contribution in [0.4, 0.5) is 0 Å². The highest BCUT2D eigenvalue weighted by Crippen LogP contribution is 2.72. The van der Waals surface area contributed by atoms with Gasteiger partial charge in [-0.25, -0.2) is 4.98 Å². The van der Waals surface area contributed by atoms with Crippen LogP contribution in [0, 0.1) is 27.2 Å². The molecule has 3 aliphatic rings. The number of hydrogen-bond acceptors (Lipinski definition) is 1. The van der Waals surface area contributed by atoms with E-state index in [0.717, 1.165) is 35.0 Å². The third-order valence-corrected chi connectivity index (χ3v) is 6.89. The number of nitrogens with zero attached hydrogens (tertiary/aromatic N) is 2. The third-order valence-electron chi connectivity index (χ3n) is 6.03. The zero-order chi connectivity index (χ0) is 14.3. The summed E-state index contributed by atoms with van der Waals surface area (Å²) in [5, 5.41) is -0.0194. The maximum atomic E-state index is 6.45. The minimum absolute atomic E-state index is 0.0194. The van der Waals surface area contributed by atoms with Gasteiger partial charge in [0.25, 0.3) is 0 Å². The number of benzene rings is 1. The van der Waals surface area contributed by atoms with Crippen LogP contribution in [0.1, 0.15) is 43.4 Å². The SMILES string of the molecule is CC(Cl)c1nc2cc(I)ccc2n1C1C2C3CCC(C3)C21. The summed E-state index contributed by atoms with van der Waals surface area (Å²) in [5.74, 6) is 4.85. The van der Waals surface area contributed by atoms with Crippen LogP contribution >= 0.6 is 34.2 Å². The number of alkyl halides is 1. The highest BCUT2D eigenvalue weighted by molar-refractivity contribution is 14.1. The van der Waals surface area contributed by atoms with Crippen molar-refractivity contribution in [2.75, 3.05) is 0 Å². The molecule has 2 nitrogen and oxygen atoms in total. The number of fused-ring (bicyclic) bond motifs is 6. The fourth-order valence-electron chi connectivity index (χ4n) is 5.31. The molecule has 0 saturated heterocycles. The fourth-order valence-corrected chi connectivity index (χ4v) is 5.94. The molecule has 5 unspecified atom stereocenters. The number of aromatic nitrogens is 2. The summed E-state index contributed by atoms with van der Waals surface area (Å²) in [6.45, 7) is 2.05. The molecule has 1 aromatic heterocycles. The quantitative estimate of drug-likeness (QED) is 0.492. The number of hydrogen-bond donors (Lipinski definition) is 0. The molecule has 0 amide bonds. The Bertz CT molecular complexity index is 722. The highest BCUT2D eigenvalue weighted by atomic mass is 127. The van der Waals surface area contributed by atoms with E-state index in [1.807, 2.05) is 0 Å². The normalized spacial score (nSPS) is 38.0. The summed E-state index contributed by atoms with van der Waals surface area (Å²) in [5.41, 5.74) is 2.40. The molecule has 5 atom stereocenters. The number of halogens is 2. The van der Waals surface area contributed by atoms with Gasteiger partial charge < -0.3 is 4.57 Å². The first-order valence-electron chi connectivity index (χ1n) is 7.96. The molecule has 0 radical (unpaired) electrons.